The predicted octanol–water partition coefficient (Wildman–Crippen LogP) is 5.13. The number of nitrogens with zero attached hydrogens (tertiary/aromatic N) is 3. The van der Waals surface area contributed by atoms with Gasteiger partial charge in [0.15, 0.2) is 0 Å². The van der Waals surface area contributed by atoms with Crippen molar-refractivity contribution in [3.63, 3.8) is 0 Å². The third-order valence-corrected chi connectivity index (χ3v) is 4.59. The lowest BCUT2D eigenvalue weighted by atomic mass is 9.99. The number of hydrogen-bond acceptors (Lipinski definition) is 3. The number of fused-ring (bicyclic) bond motifs is 2. The third-order valence-electron chi connectivity index (χ3n) is 4.59. The molecule has 0 saturated carbocycles. The van der Waals surface area contributed by atoms with Crippen molar-refractivity contribution >= 4 is 28.5 Å². The highest BCUT2D eigenvalue weighted by molar-refractivity contribution is 6.12. The van der Waals surface area contributed by atoms with Crippen LogP contribution in [0.1, 0.15) is 12.0 Å². The van der Waals surface area contributed by atoms with Crippen LogP contribution in [-0.4, -0.2) is 19.8 Å². The van der Waals surface area contributed by atoms with E-state index in [1.165, 1.54) is 28.3 Å². The first-order valence-corrected chi connectivity index (χ1v) is 8.27. The molecule has 0 N–H and O–H groups in total. The number of aliphatic imine (C=N–C) groups is 1. The quantitative estimate of drug-likeness (QED) is 0.765. The number of anilines is 3. The zero-order valence-corrected chi connectivity index (χ0v) is 14.3. The van der Waals surface area contributed by atoms with Gasteiger partial charge in [0, 0.05) is 31.9 Å². The van der Waals surface area contributed by atoms with Crippen molar-refractivity contribution in [1.82, 2.24) is 0 Å². The van der Waals surface area contributed by atoms with Crippen molar-refractivity contribution in [2.24, 2.45) is 4.99 Å². The van der Waals surface area contributed by atoms with Crippen LogP contribution in [0.5, 0.6) is 0 Å². The second kappa shape index (κ2) is 5.68. The van der Waals surface area contributed by atoms with Gasteiger partial charge in [-0.05, 0) is 42.8 Å². The molecule has 3 nitrogen and oxygen atoms in total. The molecule has 120 valence electrons. The molecule has 2 aromatic carbocycles. The van der Waals surface area contributed by atoms with E-state index < -0.39 is 0 Å². The van der Waals surface area contributed by atoms with Crippen LogP contribution in [0, 0.1) is 6.92 Å². The van der Waals surface area contributed by atoms with Crippen LogP contribution < -0.4 is 9.80 Å². The summed E-state index contributed by atoms with van der Waals surface area (Å²) in [6, 6.07) is 14.9. The largest absolute Gasteiger partial charge is 0.377 e. The molecule has 0 bridgehead atoms. The SMILES string of the molecule is Cc1c(N(C)C)ccc2c1N(c1ccccc1)C1=CC=CCC1=N2. The fraction of sp³-hybridized carbons (Fsp3) is 0.190. The Morgan fingerprint density at radius 2 is 1.83 bits per heavy atom. The monoisotopic (exact) mass is 315 g/mol. The highest BCUT2D eigenvalue weighted by Crippen LogP contribution is 2.46. The fourth-order valence-electron chi connectivity index (χ4n) is 3.49. The highest BCUT2D eigenvalue weighted by atomic mass is 15.2. The Labute approximate surface area is 143 Å². The molecule has 24 heavy (non-hydrogen) atoms. The summed E-state index contributed by atoms with van der Waals surface area (Å²) in [6.45, 7) is 2.18. The molecule has 0 amide bonds. The molecule has 4 rings (SSSR count). The first kappa shape index (κ1) is 14.8. The minimum absolute atomic E-state index is 0.878. The lowest BCUT2D eigenvalue weighted by Crippen LogP contribution is -2.28. The van der Waals surface area contributed by atoms with E-state index in [1.807, 2.05) is 0 Å². The summed E-state index contributed by atoms with van der Waals surface area (Å²) in [5.74, 6) is 0. The van der Waals surface area contributed by atoms with Gasteiger partial charge in [-0.3, -0.25) is 0 Å². The lowest BCUT2D eigenvalue weighted by Gasteiger charge is -2.36. The summed E-state index contributed by atoms with van der Waals surface area (Å²) in [5, 5.41) is 0. The Morgan fingerprint density at radius 1 is 1.04 bits per heavy atom. The number of rotatable bonds is 2. The summed E-state index contributed by atoms with van der Waals surface area (Å²) < 4.78 is 0. The van der Waals surface area contributed by atoms with Crippen molar-refractivity contribution in [3.8, 4) is 0 Å². The minimum Gasteiger partial charge on any atom is -0.377 e. The van der Waals surface area contributed by atoms with Crippen LogP contribution >= 0.6 is 0 Å². The molecule has 0 saturated heterocycles. The van der Waals surface area contributed by atoms with Gasteiger partial charge in [-0.1, -0.05) is 30.4 Å². The second-order valence-electron chi connectivity index (χ2n) is 6.39. The van der Waals surface area contributed by atoms with E-state index in [9.17, 15) is 0 Å². The maximum absolute atomic E-state index is 4.94. The molecule has 1 aliphatic heterocycles. The van der Waals surface area contributed by atoms with Gasteiger partial charge in [0.05, 0.1) is 22.8 Å². The van der Waals surface area contributed by atoms with Gasteiger partial charge >= 0.3 is 0 Å². The minimum atomic E-state index is 0.878. The van der Waals surface area contributed by atoms with Gasteiger partial charge in [-0.15, -0.1) is 0 Å². The van der Waals surface area contributed by atoms with Crippen LogP contribution in [0.25, 0.3) is 0 Å². The van der Waals surface area contributed by atoms with E-state index >= 15 is 0 Å². The fourth-order valence-corrected chi connectivity index (χ4v) is 3.49. The predicted molar refractivity (Wildman–Crippen MR) is 103 cm³/mol. The van der Waals surface area contributed by atoms with Crippen molar-refractivity contribution in [1.29, 1.82) is 0 Å². The molecule has 0 unspecified atom stereocenters. The van der Waals surface area contributed by atoms with E-state index in [4.69, 9.17) is 4.99 Å². The van der Waals surface area contributed by atoms with Crippen LogP contribution in [0.2, 0.25) is 0 Å². The Hall–Kier alpha value is -2.81. The molecular formula is C21H21N3. The van der Waals surface area contributed by atoms with Crippen LogP contribution in [-0.2, 0) is 0 Å². The summed E-state index contributed by atoms with van der Waals surface area (Å²) in [4.78, 5) is 9.45. The number of para-hydroxylation sites is 1. The number of hydrogen-bond donors (Lipinski definition) is 0. The van der Waals surface area contributed by atoms with Gasteiger partial charge in [0.25, 0.3) is 0 Å². The van der Waals surface area contributed by atoms with Crippen LogP contribution in [0.15, 0.2) is 71.4 Å². The molecule has 0 aromatic heterocycles. The topological polar surface area (TPSA) is 18.8 Å². The van der Waals surface area contributed by atoms with Gasteiger partial charge in [-0.25, -0.2) is 4.99 Å². The average Bonchev–Trinajstić information content (AvgIpc) is 2.60. The number of allylic oxidation sites excluding steroid dienone is 4. The molecule has 0 fully saturated rings. The second-order valence-corrected chi connectivity index (χ2v) is 6.39. The molecule has 0 spiro atoms. The van der Waals surface area contributed by atoms with Crippen molar-refractivity contribution in [2.75, 3.05) is 23.9 Å². The van der Waals surface area contributed by atoms with E-state index in [0.29, 0.717) is 0 Å². The van der Waals surface area contributed by atoms with Gasteiger partial charge < -0.3 is 9.80 Å². The summed E-state index contributed by atoms with van der Waals surface area (Å²) >= 11 is 0. The van der Waals surface area contributed by atoms with E-state index in [-0.39, 0.29) is 0 Å². The smallest absolute Gasteiger partial charge is 0.0878 e. The zero-order chi connectivity index (χ0) is 16.7. The Kier molecular flexibility index (Phi) is 3.49. The molecule has 0 radical (unpaired) electrons. The van der Waals surface area contributed by atoms with Gasteiger partial charge in [0.1, 0.15) is 0 Å². The Morgan fingerprint density at radius 3 is 2.58 bits per heavy atom. The molecule has 3 heteroatoms. The standard InChI is InChI=1S/C21H21N3/c1-15-19(23(2)3)14-13-18-21(15)24(16-9-5-4-6-10-16)20-12-8-7-11-17(20)22-18/h4-10,12-14H,11H2,1-3H3. The molecule has 1 aliphatic carbocycles. The maximum atomic E-state index is 4.94. The third kappa shape index (κ3) is 2.24. The zero-order valence-electron chi connectivity index (χ0n) is 14.3. The molecule has 2 aromatic rings. The van der Waals surface area contributed by atoms with Gasteiger partial charge in [0.2, 0.25) is 0 Å². The van der Waals surface area contributed by atoms with Crippen LogP contribution in [0.4, 0.5) is 22.7 Å². The molecule has 1 heterocycles. The maximum Gasteiger partial charge on any atom is 0.0878 e. The van der Waals surface area contributed by atoms with E-state index in [1.54, 1.807) is 0 Å². The highest BCUT2D eigenvalue weighted by Gasteiger charge is 2.28. The van der Waals surface area contributed by atoms with Crippen molar-refractivity contribution in [2.45, 2.75) is 13.3 Å². The lowest BCUT2D eigenvalue weighted by molar-refractivity contribution is 1.09. The van der Waals surface area contributed by atoms with Gasteiger partial charge in [-0.2, -0.15) is 0 Å². The summed E-state index contributed by atoms with van der Waals surface area (Å²) in [6.07, 6.45) is 7.33. The first-order chi connectivity index (χ1) is 11.7. The average molecular weight is 315 g/mol. The van der Waals surface area contributed by atoms with E-state index in [0.717, 1.165) is 17.8 Å². The van der Waals surface area contributed by atoms with Crippen molar-refractivity contribution < 1.29 is 0 Å². The first-order valence-electron chi connectivity index (χ1n) is 8.27. The molecule has 2 aliphatic rings. The molecule has 0 atom stereocenters. The number of benzene rings is 2. The normalized spacial score (nSPS) is 15.4. The van der Waals surface area contributed by atoms with E-state index in [2.05, 4.69) is 91.5 Å². The Balaban J connectivity index is 2.01. The van der Waals surface area contributed by atoms with Crippen molar-refractivity contribution in [3.05, 3.63) is 72.0 Å². The summed E-state index contributed by atoms with van der Waals surface area (Å²) in [5.41, 5.74) is 8.18. The van der Waals surface area contributed by atoms with Crippen LogP contribution in [0.3, 0.4) is 0 Å². The summed E-state index contributed by atoms with van der Waals surface area (Å²) in [7, 11) is 4.17. The molecular weight excluding hydrogens is 294 g/mol. The Bertz CT molecular complexity index is 873.